The highest BCUT2D eigenvalue weighted by molar-refractivity contribution is 4.72. The highest BCUT2D eigenvalue weighted by atomic mass is 16.5. The van der Waals surface area contributed by atoms with Gasteiger partial charge in [0, 0.05) is 19.2 Å². The maximum absolute atomic E-state index is 5.20. The van der Waals surface area contributed by atoms with Crippen molar-refractivity contribution in [1.82, 2.24) is 5.32 Å². The van der Waals surface area contributed by atoms with Gasteiger partial charge in [0.25, 0.3) is 0 Å². The second-order valence-electron chi connectivity index (χ2n) is 2.26. The van der Waals surface area contributed by atoms with Gasteiger partial charge < -0.3 is 10.1 Å². The van der Waals surface area contributed by atoms with Crippen LogP contribution in [-0.4, -0.2) is 25.8 Å². The summed E-state index contributed by atoms with van der Waals surface area (Å²) in [6, 6.07) is 0.429. The number of nitrogens with one attached hydrogen (secondary N) is 1. The van der Waals surface area contributed by atoms with Crippen molar-refractivity contribution in [3.63, 3.8) is 0 Å². The third kappa shape index (κ3) is 5.79. The highest BCUT2D eigenvalue weighted by Crippen LogP contribution is 1.82. The van der Waals surface area contributed by atoms with Gasteiger partial charge in [-0.25, -0.2) is 0 Å². The Morgan fingerprint density at radius 2 is 2.40 bits per heavy atom. The van der Waals surface area contributed by atoms with Crippen molar-refractivity contribution in [3.8, 4) is 0 Å². The van der Waals surface area contributed by atoms with Crippen LogP contribution in [0.25, 0.3) is 0 Å². The molecule has 0 aromatic rings. The zero-order valence-electron chi connectivity index (χ0n) is 6.89. The topological polar surface area (TPSA) is 21.3 Å². The Kier molecular flexibility index (Phi) is 6.55. The molecule has 1 unspecified atom stereocenters. The summed E-state index contributed by atoms with van der Waals surface area (Å²) >= 11 is 0. The zero-order valence-corrected chi connectivity index (χ0v) is 6.89. The number of rotatable bonds is 6. The van der Waals surface area contributed by atoms with Crippen LogP contribution in [0.5, 0.6) is 0 Å². The minimum absolute atomic E-state index is 0.429. The molecule has 1 atom stereocenters. The Hall–Kier alpha value is -0.340. The SMILES string of the molecule is C=CCNC(C)COCC. The Bertz CT molecular complexity index is 83.3. The van der Waals surface area contributed by atoms with E-state index in [1.54, 1.807) is 0 Å². The molecule has 0 aliphatic heterocycles. The lowest BCUT2D eigenvalue weighted by molar-refractivity contribution is 0.128. The lowest BCUT2D eigenvalue weighted by atomic mass is 10.3. The van der Waals surface area contributed by atoms with Crippen LogP contribution >= 0.6 is 0 Å². The second kappa shape index (κ2) is 6.78. The van der Waals surface area contributed by atoms with Crippen molar-refractivity contribution >= 4 is 0 Å². The minimum Gasteiger partial charge on any atom is -0.380 e. The molecule has 10 heavy (non-hydrogen) atoms. The van der Waals surface area contributed by atoms with Crippen LogP contribution in [0.4, 0.5) is 0 Å². The maximum Gasteiger partial charge on any atom is 0.0616 e. The standard InChI is InChI=1S/C8H17NO/c1-4-6-9-8(3)7-10-5-2/h4,8-9H,1,5-7H2,2-3H3. The summed E-state index contributed by atoms with van der Waals surface area (Å²) in [7, 11) is 0. The van der Waals surface area contributed by atoms with E-state index in [9.17, 15) is 0 Å². The van der Waals surface area contributed by atoms with Gasteiger partial charge in [0.2, 0.25) is 0 Å². The molecule has 0 aromatic heterocycles. The smallest absolute Gasteiger partial charge is 0.0616 e. The first-order chi connectivity index (χ1) is 4.81. The molecule has 2 heteroatoms. The first-order valence-corrected chi connectivity index (χ1v) is 3.73. The molecule has 0 heterocycles. The molecular weight excluding hydrogens is 126 g/mol. The Balaban J connectivity index is 3.07. The first-order valence-electron chi connectivity index (χ1n) is 3.73. The van der Waals surface area contributed by atoms with Crippen LogP contribution in [0, 0.1) is 0 Å². The Morgan fingerprint density at radius 1 is 1.70 bits per heavy atom. The third-order valence-electron chi connectivity index (χ3n) is 1.18. The lowest BCUT2D eigenvalue weighted by Crippen LogP contribution is -2.30. The van der Waals surface area contributed by atoms with E-state index >= 15 is 0 Å². The van der Waals surface area contributed by atoms with Crippen molar-refractivity contribution < 1.29 is 4.74 Å². The van der Waals surface area contributed by atoms with Crippen molar-refractivity contribution in [2.24, 2.45) is 0 Å². The molecule has 2 nitrogen and oxygen atoms in total. The van der Waals surface area contributed by atoms with Crippen molar-refractivity contribution in [3.05, 3.63) is 12.7 Å². The molecule has 0 aromatic carbocycles. The van der Waals surface area contributed by atoms with Crippen LogP contribution in [0.1, 0.15) is 13.8 Å². The van der Waals surface area contributed by atoms with Crippen molar-refractivity contribution in [1.29, 1.82) is 0 Å². The summed E-state index contributed by atoms with van der Waals surface area (Å²) in [5, 5.41) is 3.22. The van der Waals surface area contributed by atoms with E-state index in [-0.39, 0.29) is 0 Å². The molecule has 1 N–H and O–H groups in total. The molecule has 0 radical (unpaired) electrons. The average molecular weight is 143 g/mol. The third-order valence-corrected chi connectivity index (χ3v) is 1.18. The van der Waals surface area contributed by atoms with E-state index in [1.807, 2.05) is 13.0 Å². The van der Waals surface area contributed by atoms with E-state index in [4.69, 9.17) is 4.74 Å². The summed E-state index contributed by atoms with van der Waals surface area (Å²) < 4.78 is 5.20. The quantitative estimate of drug-likeness (QED) is 0.564. The second-order valence-corrected chi connectivity index (χ2v) is 2.26. The van der Waals surface area contributed by atoms with Gasteiger partial charge >= 0.3 is 0 Å². The molecule has 0 saturated carbocycles. The summed E-state index contributed by atoms with van der Waals surface area (Å²) in [4.78, 5) is 0. The predicted molar refractivity (Wildman–Crippen MR) is 44.2 cm³/mol. The fourth-order valence-corrected chi connectivity index (χ4v) is 0.638. The number of hydrogen-bond acceptors (Lipinski definition) is 2. The minimum atomic E-state index is 0.429. The van der Waals surface area contributed by atoms with Gasteiger partial charge in [-0.1, -0.05) is 6.08 Å². The molecule has 60 valence electrons. The fourth-order valence-electron chi connectivity index (χ4n) is 0.638. The molecule has 0 rings (SSSR count). The molecule has 0 fully saturated rings. The fraction of sp³-hybridized carbons (Fsp3) is 0.750. The molecule has 0 spiro atoms. The van der Waals surface area contributed by atoms with Crippen LogP contribution in [0.15, 0.2) is 12.7 Å². The molecule has 0 amide bonds. The van der Waals surface area contributed by atoms with E-state index in [0.29, 0.717) is 6.04 Å². The predicted octanol–water partition coefficient (Wildman–Crippen LogP) is 1.19. The number of ether oxygens (including phenoxy) is 1. The Morgan fingerprint density at radius 3 is 2.90 bits per heavy atom. The van der Waals surface area contributed by atoms with Gasteiger partial charge in [-0.2, -0.15) is 0 Å². The van der Waals surface area contributed by atoms with E-state index in [0.717, 1.165) is 19.8 Å². The maximum atomic E-state index is 5.20. The van der Waals surface area contributed by atoms with Gasteiger partial charge in [0.1, 0.15) is 0 Å². The van der Waals surface area contributed by atoms with E-state index in [2.05, 4.69) is 18.8 Å². The molecule has 0 aliphatic carbocycles. The van der Waals surface area contributed by atoms with Gasteiger partial charge in [0.15, 0.2) is 0 Å². The molecule has 0 bridgehead atoms. The Labute approximate surface area is 63.3 Å². The lowest BCUT2D eigenvalue weighted by Gasteiger charge is -2.10. The first kappa shape index (κ1) is 9.66. The zero-order chi connectivity index (χ0) is 7.82. The van der Waals surface area contributed by atoms with Gasteiger partial charge in [0.05, 0.1) is 6.61 Å². The largest absolute Gasteiger partial charge is 0.380 e. The average Bonchev–Trinajstić information content (AvgIpc) is 1.97. The van der Waals surface area contributed by atoms with Crippen LogP contribution in [-0.2, 0) is 4.74 Å². The van der Waals surface area contributed by atoms with Crippen molar-refractivity contribution in [2.75, 3.05) is 19.8 Å². The monoisotopic (exact) mass is 143 g/mol. The van der Waals surface area contributed by atoms with E-state index in [1.165, 1.54) is 0 Å². The normalized spacial score (nSPS) is 13.0. The van der Waals surface area contributed by atoms with E-state index < -0.39 is 0 Å². The van der Waals surface area contributed by atoms with Crippen LogP contribution < -0.4 is 5.32 Å². The van der Waals surface area contributed by atoms with Gasteiger partial charge in [-0.3, -0.25) is 0 Å². The summed E-state index contributed by atoms with van der Waals surface area (Å²) in [5.74, 6) is 0. The van der Waals surface area contributed by atoms with Crippen LogP contribution in [0.2, 0.25) is 0 Å². The van der Waals surface area contributed by atoms with Crippen molar-refractivity contribution in [2.45, 2.75) is 19.9 Å². The van der Waals surface area contributed by atoms with Crippen LogP contribution in [0.3, 0.4) is 0 Å². The summed E-state index contributed by atoms with van der Waals surface area (Å²) in [6.07, 6.45) is 1.85. The molecule has 0 saturated heterocycles. The van der Waals surface area contributed by atoms with Gasteiger partial charge in [-0.15, -0.1) is 6.58 Å². The molecular formula is C8H17NO. The number of hydrogen-bond donors (Lipinski definition) is 1. The summed E-state index contributed by atoms with van der Waals surface area (Å²) in [5.41, 5.74) is 0. The highest BCUT2D eigenvalue weighted by Gasteiger charge is 1.96. The molecule has 0 aliphatic rings. The van der Waals surface area contributed by atoms with Gasteiger partial charge in [-0.05, 0) is 13.8 Å². The summed E-state index contributed by atoms with van der Waals surface area (Å²) in [6.45, 7) is 10.1.